The normalized spacial score (nSPS) is 12.2. The van der Waals surface area contributed by atoms with E-state index in [-0.39, 0.29) is 12.6 Å². The lowest BCUT2D eigenvalue weighted by Crippen LogP contribution is -2.54. The highest BCUT2D eigenvalue weighted by molar-refractivity contribution is 5.76. The van der Waals surface area contributed by atoms with E-state index in [1.165, 1.54) is 7.11 Å². The number of rotatable bonds is 10. The first-order valence-corrected chi connectivity index (χ1v) is 9.93. The molecular formula is C26H27NO3. The SMILES string of the molecule is C=CCOC[C@H](NC(c1ccccc1)(c1ccccc1)c1ccccc1)C(=O)OC. The molecule has 0 radical (unpaired) electrons. The van der Waals surface area contributed by atoms with Crippen molar-refractivity contribution in [1.82, 2.24) is 5.32 Å². The highest BCUT2D eigenvalue weighted by Gasteiger charge is 2.40. The molecule has 0 saturated carbocycles. The Balaban J connectivity index is 2.19. The summed E-state index contributed by atoms with van der Waals surface area (Å²) in [6.07, 6.45) is 1.66. The Labute approximate surface area is 178 Å². The summed E-state index contributed by atoms with van der Waals surface area (Å²) in [5.41, 5.74) is 2.26. The number of esters is 1. The van der Waals surface area contributed by atoms with E-state index < -0.39 is 11.6 Å². The zero-order valence-corrected chi connectivity index (χ0v) is 17.2. The molecule has 0 heterocycles. The first-order valence-electron chi connectivity index (χ1n) is 9.93. The van der Waals surface area contributed by atoms with Crippen molar-refractivity contribution in [2.75, 3.05) is 20.3 Å². The minimum Gasteiger partial charge on any atom is -0.468 e. The highest BCUT2D eigenvalue weighted by atomic mass is 16.5. The molecular weight excluding hydrogens is 374 g/mol. The van der Waals surface area contributed by atoms with Crippen molar-refractivity contribution < 1.29 is 14.3 Å². The second kappa shape index (κ2) is 10.5. The third kappa shape index (κ3) is 4.67. The van der Waals surface area contributed by atoms with Gasteiger partial charge < -0.3 is 9.47 Å². The highest BCUT2D eigenvalue weighted by Crippen LogP contribution is 2.37. The van der Waals surface area contributed by atoms with Crippen LogP contribution in [0.1, 0.15) is 16.7 Å². The molecule has 0 aromatic heterocycles. The third-order valence-electron chi connectivity index (χ3n) is 5.02. The minimum absolute atomic E-state index is 0.160. The van der Waals surface area contributed by atoms with Gasteiger partial charge in [-0.05, 0) is 16.7 Å². The molecule has 0 aliphatic rings. The summed E-state index contributed by atoms with van der Waals surface area (Å²) >= 11 is 0. The van der Waals surface area contributed by atoms with E-state index in [2.05, 4.69) is 48.3 Å². The Kier molecular flexibility index (Phi) is 7.55. The molecule has 3 aromatic rings. The molecule has 0 aliphatic heterocycles. The number of carbonyl (C=O) groups is 1. The van der Waals surface area contributed by atoms with Crippen molar-refractivity contribution in [1.29, 1.82) is 0 Å². The molecule has 4 heteroatoms. The number of carbonyl (C=O) groups excluding carboxylic acids is 1. The van der Waals surface area contributed by atoms with Crippen LogP contribution in [0.15, 0.2) is 104 Å². The van der Waals surface area contributed by atoms with Gasteiger partial charge in [-0.2, -0.15) is 0 Å². The van der Waals surface area contributed by atoms with E-state index in [9.17, 15) is 4.79 Å². The predicted octanol–water partition coefficient (Wildman–Crippen LogP) is 4.31. The number of benzene rings is 3. The summed E-state index contributed by atoms with van der Waals surface area (Å²) < 4.78 is 10.7. The van der Waals surface area contributed by atoms with E-state index in [1.807, 2.05) is 54.6 Å². The third-order valence-corrected chi connectivity index (χ3v) is 5.02. The molecule has 0 unspecified atom stereocenters. The average Bonchev–Trinajstić information content (AvgIpc) is 2.82. The largest absolute Gasteiger partial charge is 0.468 e. The van der Waals surface area contributed by atoms with Crippen molar-refractivity contribution in [2.45, 2.75) is 11.6 Å². The number of hydrogen-bond acceptors (Lipinski definition) is 4. The number of nitrogens with one attached hydrogen (secondary N) is 1. The Hall–Kier alpha value is -3.21. The molecule has 0 saturated heterocycles. The average molecular weight is 402 g/mol. The van der Waals surface area contributed by atoms with Crippen LogP contribution in [0.4, 0.5) is 0 Å². The maximum atomic E-state index is 12.7. The van der Waals surface area contributed by atoms with Crippen LogP contribution < -0.4 is 5.32 Å². The number of hydrogen-bond donors (Lipinski definition) is 1. The summed E-state index contributed by atoms with van der Waals surface area (Å²) in [4.78, 5) is 12.7. The maximum Gasteiger partial charge on any atom is 0.325 e. The van der Waals surface area contributed by atoms with Crippen LogP contribution in [0, 0.1) is 0 Å². The fraction of sp³-hybridized carbons (Fsp3) is 0.192. The van der Waals surface area contributed by atoms with Crippen molar-refractivity contribution in [2.24, 2.45) is 0 Å². The van der Waals surface area contributed by atoms with Gasteiger partial charge in [0.1, 0.15) is 6.04 Å². The van der Waals surface area contributed by atoms with Crippen LogP contribution in [0.5, 0.6) is 0 Å². The molecule has 1 N–H and O–H groups in total. The van der Waals surface area contributed by atoms with E-state index >= 15 is 0 Å². The lowest BCUT2D eigenvalue weighted by molar-refractivity contribution is -0.145. The van der Waals surface area contributed by atoms with Crippen LogP contribution in [-0.2, 0) is 19.8 Å². The van der Waals surface area contributed by atoms with Crippen LogP contribution in [0.25, 0.3) is 0 Å². The predicted molar refractivity (Wildman–Crippen MR) is 119 cm³/mol. The second-order valence-electron chi connectivity index (χ2n) is 6.89. The van der Waals surface area contributed by atoms with E-state index in [4.69, 9.17) is 9.47 Å². The van der Waals surface area contributed by atoms with Gasteiger partial charge in [-0.3, -0.25) is 10.1 Å². The molecule has 3 rings (SSSR count). The molecule has 4 nitrogen and oxygen atoms in total. The Morgan fingerprint density at radius 1 is 0.900 bits per heavy atom. The van der Waals surface area contributed by atoms with E-state index in [1.54, 1.807) is 6.08 Å². The van der Waals surface area contributed by atoms with Gasteiger partial charge in [0.15, 0.2) is 0 Å². The standard InChI is InChI=1S/C26H27NO3/c1-3-19-30-20-24(25(28)29-2)27-26(21-13-7-4-8-14-21,22-15-9-5-10-16-22)23-17-11-6-12-18-23/h3-18,24,27H,1,19-20H2,2H3/t24-/m0/s1. The number of methoxy groups -OCH3 is 1. The lowest BCUT2D eigenvalue weighted by atomic mass is 9.76. The summed E-state index contributed by atoms with van der Waals surface area (Å²) in [7, 11) is 1.39. The minimum atomic E-state index is -0.778. The molecule has 0 aliphatic carbocycles. The number of ether oxygens (including phenoxy) is 2. The molecule has 3 aromatic carbocycles. The van der Waals surface area contributed by atoms with Gasteiger partial charge in [0.05, 0.1) is 25.9 Å². The molecule has 154 valence electrons. The van der Waals surface area contributed by atoms with Crippen molar-refractivity contribution >= 4 is 5.97 Å². The smallest absolute Gasteiger partial charge is 0.325 e. The second-order valence-corrected chi connectivity index (χ2v) is 6.89. The summed E-state index contributed by atoms with van der Waals surface area (Å²) in [6.45, 7) is 4.19. The summed E-state index contributed by atoms with van der Waals surface area (Å²) in [6, 6.07) is 29.6. The van der Waals surface area contributed by atoms with Crippen LogP contribution in [-0.4, -0.2) is 32.3 Å². The quantitative estimate of drug-likeness (QED) is 0.238. The summed E-state index contributed by atoms with van der Waals surface area (Å²) in [5, 5.41) is 3.59. The molecule has 0 fully saturated rings. The van der Waals surface area contributed by atoms with Gasteiger partial charge in [-0.1, -0.05) is 97.1 Å². The topological polar surface area (TPSA) is 47.6 Å². The van der Waals surface area contributed by atoms with Crippen LogP contribution in [0.2, 0.25) is 0 Å². The molecule has 30 heavy (non-hydrogen) atoms. The van der Waals surface area contributed by atoms with Crippen molar-refractivity contribution in [3.63, 3.8) is 0 Å². The van der Waals surface area contributed by atoms with Gasteiger partial charge in [0.25, 0.3) is 0 Å². The van der Waals surface area contributed by atoms with Gasteiger partial charge >= 0.3 is 5.97 Å². The van der Waals surface area contributed by atoms with E-state index in [0.717, 1.165) is 16.7 Å². The van der Waals surface area contributed by atoms with Gasteiger partial charge in [-0.25, -0.2) is 0 Å². The Morgan fingerprint density at radius 2 is 1.33 bits per heavy atom. The molecule has 1 atom stereocenters. The van der Waals surface area contributed by atoms with Crippen LogP contribution >= 0.6 is 0 Å². The molecule has 0 bridgehead atoms. The lowest BCUT2D eigenvalue weighted by Gasteiger charge is -2.39. The fourth-order valence-corrected chi connectivity index (χ4v) is 3.66. The Morgan fingerprint density at radius 3 is 1.70 bits per heavy atom. The van der Waals surface area contributed by atoms with Gasteiger partial charge in [0.2, 0.25) is 0 Å². The van der Waals surface area contributed by atoms with Gasteiger partial charge in [-0.15, -0.1) is 6.58 Å². The molecule has 0 spiro atoms. The molecule has 0 amide bonds. The maximum absolute atomic E-state index is 12.7. The zero-order chi connectivity index (χ0) is 21.2. The van der Waals surface area contributed by atoms with E-state index in [0.29, 0.717) is 6.61 Å². The summed E-state index contributed by atoms with van der Waals surface area (Å²) in [5.74, 6) is -0.383. The van der Waals surface area contributed by atoms with Crippen molar-refractivity contribution in [3.05, 3.63) is 120 Å². The van der Waals surface area contributed by atoms with Crippen molar-refractivity contribution in [3.8, 4) is 0 Å². The fourth-order valence-electron chi connectivity index (χ4n) is 3.66. The first-order chi connectivity index (χ1) is 14.7. The zero-order valence-electron chi connectivity index (χ0n) is 17.2. The Bertz CT molecular complexity index is 830. The van der Waals surface area contributed by atoms with Crippen LogP contribution in [0.3, 0.4) is 0 Å². The van der Waals surface area contributed by atoms with Gasteiger partial charge in [0, 0.05) is 0 Å². The monoisotopic (exact) mass is 401 g/mol. The first kappa shape index (κ1) is 21.5.